The van der Waals surface area contributed by atoms with Gasteiger partial charge in [0.05, 0.1) is 6.54 Å². The standard InChI is InChI=1S/C18H25N3O/c1-13-9-14(2)18(15(3)10-13)19-17(22)12-20-7-8-21-6-4-5-16(21)11-20/h5,9-10H,4,6-8,11-12H2,1-3H3,(H,19,22). The van der Waals surface area contributed by atoms with E-state index in [1.54, 1.807) is 0 Å². The average molecular weight is 299 g/mol. The highest BCUT2D eigenvalue weighted by Crippen LogP contribution is 2.23. The number of carbonyl (C=O) groups is 1. The molecule has 4 nitrogen and oxygen atoms in total. The molecule has 1 aromatic carbocycles. The number of nitrogens with one attached hydrogen (secondary N) is 1. The molecule has 118 valence electrons. The summed E-state index contributed by atoms with van der Waals surface area (Å²) in [5.41, 5.74) is 5.86. The van der Waals surface area contributed by atoms with Gasteiger partial charge in [-0.3, -0.25) is 9.69 Å². The van der Waals surface area contributed by atoms with Gasteiger partial charge >= 0.3 is 0 Å². The third-order valence-corrected chi connectivity index (χ3v) is 4.57. The van der Waals surface area contributed by atoms with Crippen LogP contribution in [0.1, 0.15) is 23.1 Å². The predicted octanol–water partition coefficient (Wildman–Crippen LogP) is 2.46. The first-order chi connectivity index (χ1) is 10.5. The van der Waals surface area contributed by atoms with Gasteiger partial charge in [0.1, 0.15) is 0 Å². The van der Waals surface area contributed by atoms with Crippen molar-refractivity contribution in [1.29, 1.82) is 0 Å². The number of nitrogens with zero attached hydrogens (tertiary/aromatic N) is 2. The van der Waals surface area contributed by atoms with Crippen LogP contribution >= 0.6 is 0 Å². The van der Waals surface area contributed by atoms with Gasteiger partial charge in [-0.25, -0.2) is 0 Å². The Morgan fingerprint density at radius 1 is 1.14 bits per heavy atom. The molecule has 0 aromatic heterocycles. The zero-order valence-corrected chi connectivity index (χ0v) is 13.8. The van der Waals surface area contributed by atoms with Crippen molar-refractivity contribution in [3.05, 3.63) is 40.6 Å². The molecule has 1 aromatic rings. The Bertz CT molecular complexity index is 598. The Kier molecular flexibility index (Phi) is 4.21. The van der Waals surface area contributed by atoms with E-state index in [9.17, 15) is 4.79 Å². The van der Waals surface area contributed by atoms with Crippen molar-refractivity contribution in [2.24, 2.45) is 0 Å². The highest BCUT2D eigenvalue weighted by atomic mass is 16.2. The molecular formula is C18H25N3O. The van der Waals surface area contributed by atoms with Gasteiger partial charge in [-0.2, -0.15) is 0 Å². The van der Waals surface area contributed by atoms with Crippen LogP contribution in [0.2, 0.25) is 0 Å². The zero-order valence-electron chi connectivity index (χ0n) is 13.8. The van der Waals surface area contributed by atoms with Gasteiger partial charge in [0, 0.05) is 37.6 Å². The number of benzene rings is 1. The molecule has 0 unspecified atom stereocenters. The van der Waals surface area contributed by atoms with Gasteiger partial charge in [0.15, 0.2) is 0 Å². The van der Waals surface area contributed by atoms with E-state index in [1.807, 2.05) is 0 Å². The van der Waals surface area contributed by atoms with Crippen LogP contribution in [-0.2, 0) is 4.79 Å². The molecule has 1 amide bonds. The fourth-order valence-corrected chi connectivity index (χ4v) is 3.54. The summed E-state index contributed by atoms with van der Waals surface area (Å²) >= 11 is 0. The fraction of sp³-hybridized carbons (Fsp3) is 0.500. The van der Waals surface area contributed by atoms with Crippen molar-refractivity contribution in [2.45, 2.75) is 27.2 Å². The lowest BCUT2D eigenvalue weighted by Gasteiger charge is -2.35. The maximum atomic E-state index is 12.4. The Morgan fingerprint density at radius 2 is 1.86 bits per heavy atom. The van der Waals surface area contributed by atoms with E-state index in [-0.39, 0.29) is 5.91 Å². The first-order valence-corrected chi connectivity index (χ1v) is 8.07. The van der Waals surface area contributed by atoms with Crippen molar-refractivity contribution >= 4 is 11.6 Å². The second kappa shape index (κ2) is 6.13. The molecule has 0 radical (unpaired) electrons. The minimum absolute atomic E-state index is 0.0853. The number of hydrogen-bond donors (Lipinski definition) is 1. The van der Waals surface area contributed by atoms with E-state index in [2.05, 4.69) is 54.1 Å². The molecule has 1 N–H and O–H groups in total. The summed E-state index contributed by atoms with van der Waals surface area (Å²) in [4.78, 5) is 17.0. The molecule has 0 aliphatic carbocycles. The van der Waals surface area contributed by atoms with Crippen LogP contribution in [-0.4, -0.2) is 48.4 Å². The molecule has 2 aliphatic rings. The lowest BCUT2D eigenvalue weighted by Crippen LogP contribution is -2.46. The van der Waals surface area contributed by atoms with E-state index in [4.69, 9.17) is 0 Å². The monoisotopic (exact) mass is 299 g/mol. The number of carbonyl (C=O) groups excluding carboxylic acids is 1. The number of amides is 1. The first kappa shape index (κ1) is 15.1. The van der Waals surface area contributed by atoms with Gasteiger partial charge in [-0.1, -0.05) is 23.8 Å². The van der Waals surface area contributed by atoms with Crippen LogP contribution in [0.5, 0.6) is 0 Å². The quantitative estimate of drug-likeness (QED) is 0.931. The Hall–Kier alpha value is -1.81. The summed E-state index contributed by atoms with van der Waals surface area (Å²) in [5.74, 6) is 0.0853. The van der Waals surface area contributed by atoms with E-state index >= 15 is 0 Å². The molecular weight excluding hydrogens is 274 g/mol. The first-order valence-electron chi connectivity index (χ1n) is 8.07. The van der Waals surface area contributed by atoms with Crippen LogP contribution in [0, 0.1) is 20.8 Å². The molecule has 1 saturated heterocycles. The zero-order chi connectivity index (χ0) is 15.7. The summed E-state index contributed by atoms with van der Waals surface area (Å²) in [6.45, 7) is 10.7. The molecule has 0 saturated carbocycles. The Labute approximate surface area is 132 Å². The summed E-state index contributed by atoms with van der Waals surface area (Å²) < 4.78 is 0. The van der Waals surface area contributed by atoms with Crippen LogP contribution in [0.4, 0.5) is 5.69 Å². The molecule has 4 heteroatoms. The number of piperazine rings is 1. The van der Waals surface area contributed by atoms with Gasteiger partial charge in [0.2, 0.25) is 5.91 Å². The summed E-state index contributed by atoms with van der Waals surface area (Å²) in [6, 6.07) is 4.23. The van der Waals surface area contributed by atoms with Crippen LogP contribution in [0.15, 0.2) is 23.9 Å². The number of rotatable bonds is 3. The van der Waals surface area contributed by atoms with Crippen molar-refractivity contribution in [3.8, 4) is 0 Å². The fourth-order valence-electron chi connectivity index (χ4n) is 3.54. The van der Waals surface area contributed by atoms with Crippen molar-refractivity contribution in [3.63, 3.8) is 0 Å². The third kappa shape index (κ3) is 3.17. The van der Waals surface area contributed by atoms with Crippen molar-refractivity contribution < 1.29 is 4.79 Å². The van der Waals surface area contributed by atoms with Crippen molar-refractivity contribution in [2.75, 3.05) is 38.0 Å². The molecule has 2 heterocycles. The van der Waals surface area contributed by atoms with Gasteiger partial charge < -0.3 is 10.2 Å². The highest BCUT2D eigenvalue weighted by molar-refractivity contribution is 5.93. The maximum absolute atomic E-state index is 12.4. The second-order valence-corrected chi connectivity index (χ2v) is 6.50. The van der Waals surface area contributed by atoms with Gasteiger partial charge in [-0.15, -0.1) is 0 Å². The second-order valence-electron chi connectivity index (χ2n) is 6.50. The largest absolute Gasteiger partial charge is 0.372 e. The SMILES string of the molecule is Cc1cc(C)c(NC(=O)CN2CCN3CCC=C3C2)c(C)c1. The molecule has 0 atom stereocenters. The van der Waals surface area contributed by atoms with Crippen LogP contribution < -0.4 is 5.32 Å². The normalized spacial score (nSPS) is 18.1. The minimum atomic E-state index is 0.0853. The molecule has 0 spiro atoms. The highest BCUT2D eigenvalue weighted by Gasteiger charge is 2.24. The lowest BCUT2D eigenvalue weighted by molar-refractivity contribution is -0.117. The van der Waals surface area contributed by atoms with E-state index < -0.39 is 0 Å². The predicted molar refractivity (Wildman–Crippen MR) is 90.0 cm³/mol. The minimum Gasteiger partial charge on any atom is -0.372 e. The van der Waals surface area contributed by atoms with Crippen LogP contribution in [0.25, 0.3) is 0 Å². The average Bonchev–Trinajstić information content (AvgIpc) is 2.90. The van der Waals surface area contributed by atoms with E-state index in [0.29, 0.717) is 6.54 Å². The van der Waals surface area contributed by atoms with Crippen molar-refractivity contribution in [1.82, 2.24) is 9.80 Å². The molecule has 3 rings (SSSR count). The Morgan fingerprint density at radius 3 is 2.59 bits per heavy atom. The molecule has 0 bridgehead atoms. The number of hydrogen-bond acceptors (Lipinski definition) is 3. The Balaban J connectivity index is 1.61. The van der Waals surface area contributed by atoms with Crippen LogP contribution in [0.3, 0.4) is 0 Å². The topological polar surface area (TPSA) is 35.6 Å². The molecule has 2 aliphatic heterocycles. The number of fused-ring (bicyclic) bond motifs is 1. The summed E-state index contributed by atoms with van der Waals surface area (Å²) in [5, 5.41) is 3.10. The maximum Gasteiger partial charge on any atom is 0.238 e. The summed E-state index contributed by atoms with van der Waals surface area (Å²) in [6.07, 6.45) is 3.45. The molecule has 22 heavy (non-hydrogen) atoms. The number of aryl methyl sites for hydroxylation is 3. The third-order valence-electron chi connectivity index (χ3n) is 4.57. The van der Waals surface area contributed by atoms with Gasteiger partial charge in [-0.05, 0) is 38.3 Å². The molecule has 1 fully saturated rings. The summed E-state index contributed by atoms with van der Waals surface area (Å²) in [7, 11) is 0. The van der Waals surface area contributed by atoms with E-state index in [0.717, 1.165) is 49.4 Å². The lowest BCUT2D eigenvalue weighted by atomic mass is 10.1. The van der Waals surface area contributed by atoms with Gasteiger partial charge in [0.25, 0.3) is 0 Å². The number of anilines is 1. The van der Waals surface area contributed by atoms with E-state index in [1.165, 1.54) is 11.3 Å². The smallest absolute Gasteiger partial charge is 0.238 e.